The van der Waals surface area contributed by atoms with Gasteiger partial charge in [-0.05, 0) is 26.7 Å². The molecule has 1 amide bonds. The summed E-state index contributed by atoms with van der Waals surface area (Å²) < 4.78 is 10.8. The fourth-order valence-electron chi connectivity index (χ4n) is 2.50. The summed E-state index contributed by atoms with van der Waals surface area (Å²) in [6, 6.07) is -0.304. The highest BCUT2D eigenvalue weighted by atomic mass is 32.1. The number of carboxylic acid groups (broad SMARTS) is 1. The summed E-state index contributed by atoms with van der Waals surface area (Å²) >= 11 is 1.11. The highest BCUT2D eigenvalue weighted by Gasteiger charge is 2.32. The zero-order valence-electron chi connectivity index (χ0n) is 16.8. The molecule has 0 spiro atoms. The lowest BCUT2D eigenvalue weighted by Crippen LogP contribution is -2.44. The lowest BCUT2D eigenvalue weighted by molar-refractivity contribution is -0.147. The molecule has 0 aromatic carbocycles. The quantitative estimate of drug-likeness (QED) is 0.695. The summed E-state index contributed by atoms with van der Waals surface area (Å²) in [5.74, 6) is -1.61. The maximum absolute atomic E-state index is 12.4. The van der Waals surface area contributed by atoms with Crippen LogP contribution >= 0.6 is 11.3 Å². The van der Waals surface area contributed by atoms with Crippen molar-refractivity contribution in [3.63, 3.8) is 0 Å². The molecule has 9 heteroatoms. The number of carbonyl (C=O) groups is 3. The average Bonchev–Trinajstić information content (AvgIpc) is 2.98. The minimum Gasteiger partial charge on any atom is -0.476 e. The molecule has 0 aliphatic heterocycles. The van der Waals surface area contributed by atoms with Crippen LogP contribution in [0, 0.1) is 5.92 Å². The third kappa shape index (κ3) is 7.16. The number of hydrogen-bond donors (Lipinski definition) is 1. The Morgan fingerprint density at radius 1 is 1.30 bits per heavy atom. The van der Waals surface area contributed by atoms with Crippen molar-refractivity contribution >= 4 is 29.4 Å². The number of thiazole rings is 1. The van der Waals surface area contributed by atoms with Gasteiger partial charge in [-0.15, -0.1) is 11.3 Å². The summed E-state index contributed by atoms with van der Waals surface area (Å²) in [5.41, 5.74) is -0.734. The van der Waals surface area contributed by atoms with Gasteiger partial charge in [0.05, 0.1) is 0 Å². The zero-order chi connectivity index (χ0) is 20.9. The SMILES string of the molecule is CC(=O)O[C@@H](C[C@@H](C(C)C)N(C)C(=O)OC(C)(C)C)c1nc(C(=O)O)cs1. The second-order valence-corrected chi connectivity index (χ2v) is 8.50. The van der Waals surface area contributed by atoms with Gasteiger partial charge in [-0.25, -0.2) is 14.6 Å². The maximum atomic E-state index is 12.4. The summed E-state index contributed by atoms with van der Waals surface area (Å²) in [5, 5.41) is 10.8. The Hall–Kier alpha value is -2.16. The van der Waals surface area contributed by atoms with Gasteiger partial charge in [0, 0.05) is 31.8 Å². The van der Waals surface area contributed by atoms with Gasteiger partial charge in [-0.2, -0.15) is 0 Å². The van der Waals surface area contributed by atoms with Gasteiger partial charge in [-0.1, -0.05) is 13.8 Å². The first-order valence-electron chi connectivity index (χ1n) is 8.63. The van der Waals surface area contributed by atoms with Crippen molar-refractivity contribution in [1.82, 2.24) is 9.88 Å². The van der Waals surface area contributed by atoms with E-state index in [1.165, 1.54) is 17.2 Å². The molecule has 1 heterocycles. The topological polar surface area (TPSA) is 106 Å². The molecule has 0 unspecified atom stereocenters. The number of carbonyl (C=O) groups excluding carboxylic acids is 2. The van der Waals surface area contributed by atoms with E-state index in [9.17, 15) is 14.4 Å². The van der Waals surface area contributed by atoms with Crippen LogP contribution in [0.4, 0.5) is 4.79 Å². The number of nitrogens with zero attached hydrogens (tertiary/aromatic N) is 2. The molecular weight excluding hydrogens is 372 g/mol. The monoisotopic (exact) mass is 400 g/mol. The number of ether oxygens (including phenoxy) is 2. The van der Waals surface area contributed by atoms with Gasteiger partial charge in [0.2, 0.25) is 0 Å². The van der Waals surface area contributed by atoms with Crippen molar-refractivity contribution in [3.8, 4) is 0 Å². The van der Waals surface area contributed by atoms with Gasteiger partial charge < -0.3 is 19.5 Å². The van der Waals surface area contributed by atoms with E-state index >= 15 is 0 Å². The molecule has 1 aromatic heterocycles. The first-order valence-corrected chi connectivity index (χ1v) is 9.51. The molecule has 27 heavy (non-hydrogen) atoms. The molecule has 8 nitrogen and oxygen atoms in total. The Morgan fingerprint density at radius 3 is 2.30 bits per heavy atom. The van der Waals surface area contributed by atoms with Gasteiger partial charge in [-0.3, -0.25) is 4.79 Å². The predicted octanol–water partition coefficient (Wildman–Crippen LogP) is 3.73. The first kappa shape index (κ1) is 22.9. The van der Waals surface area contributed by atoms with Crippen LogP contribution in [-0.4, -0.2) is 51.7 Å². The van der Waals surface area contributed by atoms with E-state index in [-0.39, 0.29) is 24.1 Å². The van der Waals surface area contributed by atoms with Gasteiger partial charge in [0.1, 0.15) is 10.6 Å². The summed E-state index contributed by atoms with van der Waals surface area (Å²) in [7, 11) is 1.63. The molecule has 0 fully saturated rings. The molecule has 0 saturated carbocycles. The highest BCUT2D eigenvalue weighted by molar-refractivity contribution is 7.09. The molecule has 0 saturated heterocycles. The number of amides is 1. The zero-order valence-corrected chi connectivity index (χ0v) is 17.6. The summed E-state index contributed by atoms with van der Waals surface area (Å²) in [4.78, 5) is 40.6. The largest absolute Gasteiger partial charge is 0.476 e. The minimum absolute atomic E-state index is 0.0412. The summed E-state index contributed by atoms with van der Waals surface area (Å²) in [6.07, 6.45) is -0.953. The van der Waals surface area contributed by atoms with Crippen LogP contribution < -0.4 is 0 Å². The predicted molar refractivity (Wildman–Crippen MR) is 101 cm³/mol. The molecule has 0 aliphatic carbocycles. The van der Waals surface area contributed by atoms with E-state index < -0.39 is 29.7 Å². The molecular formula is C18H28N2O6S. The van der Waals surface area contributed by atoms with Crippen LogP contribution in [0.15, 0.2) is 5.38 Å². The minimum atomic E-state index is -1.15. The Kier molecular flexibility index (Phi) is 7.77. The van der Waals surface area contributed by atoms with E-state index in [0.717, 1.165) is 11.3 Å². The molecule has 0 radical (unpaired) electrons. The number of hydrogen-bond acceptors (Lipinski definition) is 7. The number of carboxylic acids is 1. The first-order chi connectivity index (χ1) is 12.3. The van der Waals surface area contributed by atoms with E-state index in [4.69, 9.17) is 14.6 Å². The average molecular weight is 400 g/mol. The third-order valence-electron chi connectivity index (χ3n) is 3.73. The Bertz CT molecular complexity index is 680. The maximum Gasteiger partial charge on any atom is 0.410 e. The van der Waals surface area contributed by atoms with Crippen LogP contribution in [0.1, 0.15) is 69.6 Å². The second kappa shape index (κ2) is 9.16. The molecule has 0 aliphatic rings. The highest BCUT2D eigenvalue weighted by Crippen LogP contribution is 2.30. The van der Waals surface area contributed by atoms with Crippen LogP contribution in [0.5, 0.6) is 0 Å². The van der Waals surface area contributed by atoms with Crippen molar-refractivity contribution in [2.75, 3.05) is 7.05 Å². The van der Waals surface area contributed by atoms with Crippen LogP contribution in [0.25, 0.3) is 0 Å². The van der Waals surface area contributed by atoms with Crippen molar-refractivity contribution in [1.29, 1.82) is 0 Å². The Balaban J connectivity index is 3.07. The lowest BCUT2D eigenvalue weighted by Gasteiger charge is -2.34. The number of rotatable bonds is 7. The van der Waals surface area contributed by atoms with E-state index in [1.54, 1.807) is 27.8 Å². The lowest BCUT2D eigenvalue weighted by atomic mass is 9.96. The Morgan fingerprint density at radius 2 is 1.89 bits per heavy atom. The van der Waals surface area contributed by atoms with Gasteiger partial charge in [0.25, 0.3) is 0 Å². The fraction of sp³-hybridized carbons (Fsp3) is 0.667. The van der Waals surface area contributed by atoms with Crippen LogP contribution in [0.3, 0.4) is 0 Å². The molecule has 1 rings (SSSR count). The van der Waals surface area contributed by atoms with Gasteiger partial charge >= 0.3 is 18.0 Å². The Labute approximate surface area is 163 Å². The van der Waals surface area contributed by atoms with Crippen molar-refractivity contribution < 1.29 is 29.0 Å². The van der Waals surface area contributed by atoms with Gasteiger partial charge in [0.15, 0.2) is 11.8 Å². The van der Waals surface area contributed by atoms with Crippen molar-refractivity contribution in [2.45, 2.75) is 65.7 Å². The molecule has 2 atom stereocenters. The van der Waals surface area contributed by atoms with E-state index in [1.807, 2.05) is 13.8 Å². The number of esters is 1. The summed E-state index contributed by atoms with van der Waals surface area (Å²) in [6.45, 7) is 10.5. The van der Waals surface area contributed by atoms with Crippen molar-refractivity contribution in [2.24, 2.45) is 5.92 Å². The van der Waals surface area contributed by atoms with Crippen LogP contribution in [-0.2, 0) is 14.3 Å². The second-order valence-electron chi connectivity index (χ2n) is 7.61. The van der Waals surface area contributed by atoms with Crippen LogP contribution in [0.2, 0.25) is 0 Å². The number of aromatic nitrogens is 1. The normalized spacial score (nSPS) is 13.8. The third-order valence-corrected chi connectivity index (χ3v) is 4.67. The van der Waals surface area contributed by atoms with E-state index in [0.29, 0.717) is 5.01 Å². The fourth-order valence-corrected chi connectivity index (χ4v) is 3.33. The number of aromatic carboxylic acids is 1. The standard InChI is InChI=1S/C18H28N2O6S/c1-10(2)13(20(7)17(24)26-18(4,5)6)8-14(25-11(3)21)15-19-12(9-27-15)16(22)23/h9-10,13-14H,8H2,1-7H3,(H,22,23)/t13-,14-/m0/s1. The molecule has 0 bridgehead atoms. The van der Waals surface area contributed by atoms with Crippen molar-refractivity contribution in [3.05, 3.63) is 16.1 Å². The molecule has 1 N–H and O–H groups in total. The molecule has 152 valence electrons. The smallest absolute Gasteiger partial charge is 0.410 e. The van der Waals surface area contributed by atoms with E-state index in [2.05, 4.69) is 4.98 Å². The molecule has 1 aromatic rings.